The van der Waals surface area contributed by atoms with Crippen molar-refractivity contribution in [3.63, 3.8) is 0 Å². The molecule has 0 bridgehead atoms. The van der Waals surface area contributed by atoms with Gasteiger partial charge >= 0.3 is 0 Å². The van der Waals surface area contributed by atoms with Crippen LogP contribution in [0.5, 0.6) is 0 Å². The van der Waals surface area contributed by atoms with Gasteiger partial charge in [0.05, 0.1) is 5.69 Å². The SMILES string of the molecule is NCCCc1cccc(F)c1N. The Morgan fingerprint density at radius 2 is 2.08 bits per heavy atom. The first-order valence-electron chi connectivity index (χ1n) is 3.98. The minimum absolute atomic E-state index is 0.256. The number of rotatable bonds is 3. The largest absolute Gasteiger partial charge is 0.396 e. The molecule has 0 aromatic heterocycles. The van der Waals surface area contributed by atoms with Crippen LogP contribution >= 0.6 is 0 Å². The van der Waals surface area contributed by atoms with Gasteiger partial charge in [0.15, 0.2) is 0 Å². The number of anilines is 1. The molecule has 0 aliphatic heterocycles. The Morgan fingerprint density at radius 1 is 1.33 bits per heavy atom. The van der Waals surface area contributed by atoms with Crippen LogP contribution in [0.2, 0.25) is 0 Å². The molecule has 66 valence electrons. The lowest BCUT2D eigenvalue weighted by Gasteiger charge is -2.04. The molecule has 0 unspecified atom stereocenters. The summed E-state index contributed by atoms with van der Waals surface area (Å²) in [7, 11) is 0. The van der Waals surface area contributed by atoms with Crippen molar-refractivity contribution in [1.82, 2.24) is 0 Å². The van der Waals surface area contributed by atoms with Gasteiger partial charge in [-0.2, -0.15) is 0 Å². The molecular formula is C9H13FN2. The van der Waals surface area contributed by atoms with Crippen molar-refractivity contribution >= 4 is 5.69 Å². The van der Waals surface area contributed by atoms with Crippen molar-refractivity contribution in [3.05, 3.63) is 29.6 Å². The molecule has 1 aromatic carbocycles. The molecule has 2 nitrogen and oxygen atoms in total. The Bertz CT molecular complexity index is 261. The maximum atomic E-state index is 12.9. The van der Waals surface area contributed by atoms with Crippen LogP contribution in [0.1, 0.15) is 12.0 Å². The van der Waals surface area contributed by atoms with Gasteiger partial charge in [-0.3, -0.25) is 0 Å². The monoisotopic (exact) mass is 168 g/mol. The van der Waals surface area contributed by atoms with Gasteiger partial charge in [-0.05, 0) is 31.0 Å². The maximum absolute atomic E-state index is 12.9. The van der Waals surface area contributed by atoms with Crippen molar-refractivity contribution in [2.45, 2.75) is 12.8 Å². The fourth-order valence-electron chi connectivity index (χ4n) is 1.09. The van der Waals surface area contributed by atoms with Crippen LogP contribution in [-0.4, -0.2) is 6.54 Å². The van der Waals surface area contributed by atoms with E-state index in [1.54, 1.807) is 6.07 Å². The summed E-state index contributed by atoms with van der Waals surface area (Å²) < 4.78 is 12.9. The smallest absolute Gasteiger partial charge is 0.146 e. The number of hydrogen-bond donors (Lipinski definition) is 2. The fourth-order valence-corrected chi connectivity index (χ4v) is 1.09. The van der Waals surface area contributed by atoms with E-state index in [0.29, 0.717) is 6.54 Å². The Kier molecular flexibility index (Phi) is 3.05. The molecule has 4 N–H and O–H groups in total. The molecule has 0 heterocycles. The summed E-state index contributed by atoms with van der Waals surface area (Å²) in [5, 5.41) is 0. The van der Waals surface area contributed by atoms with Crippen LogP contribution in [0.4, 0.5) is 10.1 Å². The van der Waals surface area contributed by atoms with E-state index in [1.165, 1.54) is 6.07 Å². The highest BCUT2D eigenvalue weighted by molar-refractivity contribution is 5.47. The van der Waals surface area contributed by atoms with Gasteiger partial charge in [0.2, 0.25) is 0 Å². The molecule has 0 saturated heterocycles. The van der Waals surface area contributed by atoms with Crippen LogP contribution in [0.3, 0.4) is 0 Å². The number of hydrogen-bond acceptors (Lipinski definition) is 2. The molecule has 0 fully saturated rings. The van der Waals surface area contributed by atoms with E-state index in [0.717, 1.165) is 18.4 Å². The van der Waals surface area contributed by atoms with E-state index in [1.807, 2.05) is 6.07 Å². The van der Waals surface area contributed by atoms with Gasteiger partial charge in [-0.1, -0.05) is 12.1 Å². The van der Waals surface area contributed by atoms with Gasteiger partial charge in [-0.25, -0.2) is 4.39 Å². The van der Waals surface area contributed by atoms with Crippen LogP contribution in [0, 0.1) is 5.82 Å². The molecule has 0 atom stereocenters. The Morgan fingerprint density at radius 3 is 2.75 bits per heavy atom. The van der Waals surface area contributed by atoms with E-state index >= 15 is 0 Å². The maximum Gasteiger partial charge on any atom is 0.146 e. The third kappa shape index (κ3) is 1.95. The molecule has 1 rings (SSSR count). The second-order valence-corrected chi connectivity index (χ2v) is 2.70. The number of benzene rings is 1. The lowest BCUT2D eigenvalue weighted by molar-refractivity contribution is 0.630. The van der Waals surface area contributed by atoms with E-state index in [9.17, 15) is 4.39 Å². The normalized spacial score (nSPS) is 10.2. The van der Waals surface area contributed by atoms with Crippen molar-refractivity contribution < 1.29 is 4.39 Å². The van der Waals surface area contributed by atoms with Crippen LogP contribution in [0.15, 0.2) is 18.2 Å². The van der Waals surface area contributed by atoms with Gasteiger partial charge in [0.25, 0.3) is 0 Å². The number of halogens is 1. The molecule has 0 spiro atoms. The second kappa shape index (κ2) is 4.07. The van der Waals surface area contributed by atoms with E-state index in [4.69, 9.17) is 11.5 Å². The highest BCUT2D eigenvalue weighted by atomic mass is 19.1. The number of nitrogens with two attached hydrogens (primary N) is 2. The lowest BCUT2D eigenvalue weighted by atomic mass is 10.1. The Labute approximate surface area is 71.4 Å². The summed E-state index contributed by atoms with van der Waals surface area (Å²) in [5.41, 5.74) is 11.9. The Hall–Kier alpha value is -1.09. The average molecular weight is 168 g/mol. The molecule has 3 heteroatoms. The van der Waals surface area contributed by atoms with E-state index in [-0.39, 0.29) is 11.5 Å². The van der Waals surface area contributed by atoms with Crippen LogP contribution in [0.25, 0.3) is 0 Å². The summed E-state index contributed by atoms with van der Waals surface area (Å²) in [6.07, 6.45) is 1.59. The highest BCUT2D eigenvalue weighted by Crippen LogP contribution is 2.16. The Balaban J connectivity index is 2.78. The second-order valence-electron chi connectivity index (χ2n) is 2.70. The van der Waals surface area contributed by atoms with Gasteiger partial charge in [-0.15, -0.1) is 0 Å². The summed E-state index contributed by atoms with van der Waals surface area (Å²) in [4.78, 5) is 0. The lowest BCUT2D eigenvalue weighted by Crippen LogP contribution is -2.03. The minimum atomic E-state index is -0.343. The third-order valence-electron chi connectivity index (χ3n) is 1.79. The average Bonchev–Trinajstić information content (AvgIpc) is 2.08. The van der Waals surface area contributed by atoms with Crippen molar-refractivity contribution in [1.29, 1.82) is 0 Å². The molecule has 0 aliphatic rings. The first-order chi connectivity index (χ1) is 5.75. The third-order valence-corrected chi connectivity index (χ3v) is 1.79. The van der Waals surface area contributed by atoms with Gasteiger partial charge in [0, 0.05) is 0 Å². The predicted molar refractivity (Wildman–Crippen MR) is 48.2 cm³/mol. The standard InChI is InChI=1S/C9H13FN2/c10-8-5-1-3-7(9(8)12)4-2-6-11/h1,3,5H,2,4,6,11-12H2. The molecule has 0 aliphatic carbocycles. The van der Waals surface area contributed by atoms with Gasteiger partial charge < -0.3 is 11.5 Å². The summed E-state index contributed by atoms with van der Waals surface area (Å²) >= 11 is 0. The molecular weight excluding hydrogens is 155 g/mol. The van der Waals surface area contributed by atoms with Crippen molar-refractivity contribution in [2.75, 3.05) is 12.3 Å². The van der Waals surface area contributed by atoms with Gasteiger partial charge in [0.1, 0.15) is 5.82 Å². The number of para-hydroxylation sites is 1. The highest BCUT2D eigenvalue weighted by Gasteiger charge is 2.02. The fraction of sp³-hybridized carbons (Fsp3) is 0.333. The van der Waals surface area contributed by atoms with E-state index in [2.05, 4.69) is 0 Å². The zero-order chi connectivity index (χ0) is 8.97. The molecule has 0 radical (unpaired) electrons. The predicted octanol–water partition coefficient (Wildman–Crippen LogP) is 1.30. The molecule has 1 aromatic rings. The first-order valence-corrected chi connectivity index (χ1v) is 3.98. The summed E-state index contributed by atoms with van der Waals surface area (Å²) in [6.45, 7) is 0.607. The molecule has 0 amide bonds. The summed E-state index contributed by atoms with van der Waals surface area (Å²) in [5.74, 6) is -0.343. The zero-order valence-corrected chi connectivity index (χ0v) is 6.89. The van der Waals surface area contributed by atoms with Crippen molar-refractivity contribution in [2.24, 2.45) is 5.73 Å². The molecule has 12 heavy (non-hydrogen) atoms. The van der Waals surface area contributed by atoms with Crippen LogP contribution in [-0.2, 0) is 6.42 Å². The summed E-state index contributed by atoms with van der Waals surface area (Å²) in [6, 6.07) is 4.85. The number of nitrogen functional groups attached to an aromatic ring is 1. The number of aryl methyl sites for hydroxylation is 1. The topological polar surface area (TPSA) is 52.0 Å². The molecule has 0 saturated carbocycles. The zero-order valence-electron chi connectivity index (χ0n) is 6.89. The first kappa shape index (κ1) is 9.00. The minimum Gasteiger partial charge on any atom is -0.396 e. The van der Waals surface area contributed by atoms with E-state index < -0.39 is 0 Å². The van der Waals surface area contributed by atoms with Crippen molar-refractivity contribution in [3.8, 4) is 0 Å². The quantitative estimate of drug-likeness (QED) is 0.668. The van der Waals surface area contributed by atoms with Crippen LogP contribution < -0.4 is 11.5 Å².